The number of carbonyl (C=O) groups excluding carboxylic acids is 2. The molecule has 0 aromatic rings. The molecule has 17 heavy (non-hydrogen) atoms. The Bertz CT molecular complexity index is 231. The minimum absolute atomic E-state index is 0. The average Bonchev–Trinajstić information content (AvgIpc) is 2.25. The van der Waals surface area contributed by atoms with Gasteiger partial charge in [0.05, 0.1) is 6.04 Å². The number of amides is 2. The summed E-state index contributed by atoms with van der Waals surface area (Å²) in [6, 6.07) is -0.488. The predicted octanol–water partition coefficient (Wildman–Crippen LogP) is 0.520. The summed E-state index contributed by atoms with van der Waals surface area (Å²) in [6.45, 7) is 7.53. The van der Waals surface area contributed by atoms with Crippen molar-refractivity contribution in [1.29, 1.82) is 0 Å². The second kappa shape index (κ2) is 10.4. The maximum Gasteiger partial charge on any atom is 0.236 e. The number of nitrogens with one attached hydrogen (secondary N) is 1. The number of rotatable bonds is 7. The van der Waals surface area contributed by atoms with E-state index in [9.17, 15) is 9.59 Å². The van der Waals surface area contributed by atoms with Crippen LogP contribution in [0.3, 0.4) is 0 Å². The highest BCUT2D eigenvalue weighted by Crippen LogP contribution is 1.96. The summed E-state index contributed by atoms with van der Waals surface area (Å²) in [5.74, 6) is -0.0321. The van der Waals surface area contributed by atoms with Crippen LogP contribution >= 0.6 is 12.4 Å². The fraction of sp³-hybridized carbons (Fsp3) is 0.818. The van der Waals surface area contributed by atoms with E-state index in [1.807, 2.05) is 13.8 Å². The summed E-state index contributed by atoms with van der Waals surface area (Å²) in [6.07, 6.45) is 1.13. The molecule has 5 nitrogen and oxygen atoms in total. The van der Waals surface area contributed by atoms with E-state index in [0.29, 0.717) is 19.4 Å². The van der Waals surface area contributed by atoms with Crippen molar-refractivity contribution < 1.29 is 9.59 Å². The number of nitrogens with two attached hydrogens (primary N) is 1. The monoisotopic (exact) mass is 265 g/mol. The summed E-state index contributed by atoms with van der Waals surface area (Å²) in [7, 11) is 0. The van der Waals surface area contributed by atoms with Gasteiger partial charge in [0.15, 0.2) is 0 Å². The van der Waals surface area contributed by atoms with Crippen molar-refractivity contribution in [1.82, 2.24) is 10.2 Å². The van der Waals surface area contributed by atoms with E-state index in [-0.39, 0.29) is 24.2 Å². The van der Waals surface area contributed by atoms with Gasteiger partial charge < -0.3 is 16.0 Å². The van der Waals surface area contributed by atoms with Crippen LogP contribution in [0.1, 0.15) is 33.6 Å². The van der Waals surface area contributed by atoms with E-state index in [4.69, 9.17) is 5.73 Å². The third kappa shape index (κ3) is 7.99. The van der Waals surface area contributed by atoms with Gasteiger partial charge >= 0.3 is 0 Å². The zero-order valence-corrected chi connectivity index (χ0v) is 11.7. The second-order valence-electron chi connectivity index (χ2n) is 3.75. The highest BCUT2D eigenvalue weighted by molar-refractivity contribution is 5.85. The molecule has 0 saturated carbocycles. The SMILES string of the molecule is CCN(CC)C(=O)CCCNC(=O)[C@H](C)N.Cl. The number of nitrogens with zero attached hydrogens (tertiary/aromatic N) is 1. The van der Waals surface area contributed by atoms with Gasteiger partial charge in [-0.25, -0.2) is 0 Å². The first-order chi connectivity index (χ1) is 7.52. The number of carbonyl (C=O) groups is 2. The second-order valence-corrected chi connectivity index (χ2v) is 3.75. The molecule has 0 aromatic carbocycles. The van der Waals surface area contributed by atoms with E-state index in [1.165, 1.54) is 0 Å². The van der Waals surface area contributed by atoms with Crippen LogP contribution in [0, 0.1) is 0 Å². The highest BCUT2D eigenvalue weighted by Gasteiger charge is 2.09. The largest absolute Gasteiger partial charge is 0.355 e. The minimum atomic E-state index is -0.488. The molecule has 0 fully saturated rings. The first-order valence-electron chi connectivity index (χ1n) is 5.83. The molecule has 0 spiro atoms. The fourth-order valence-corrected chi connectivity index (χ4v) is 1.35. The van der Waals surface area contributed by atoms with Gasteiger partial charge in [-0.3, -0.25) is 9.59 Å². The van der Waals surface area contributed by atoms with Gasteiger partial charge in [0, 0.05) is 26.1 Å². The van der Waals surface area contributed by atoms with E-state index < -0.39 is 6.04 Å². The van der Waals surface area contributed by atoms with E-state index in [0.717, 1.165) is 13.1 Å². The van der Waals surface area contributed by atoms with Crippen LogP contribution < -0.4 is 11.1 Å². The number of halogens is 1. The topological polar surface area (TPSA) is 75.4 Å². The Morgan fingerprint density at radius 3 is 2.24 bits per heavy atom. The molecular formula is C11H24ClN3O2. The Morgan fingerprint density at radius 2 is 1.82 bits per heavy atom. The molecule has 2 amide bonds. The van der Waals surface area contributed by atoms with Crippen molar-refractivity contribution in [2.45, 2.75) is 39.7 Å². The lowest BCUT2D eigenvalue weighted by Crippen LogP contribution is -2.39. The minimum Gasteiger partial charge on any atom is -0.355 e. The Labute approximate surface area is 110 Å². The van der Waals surface area contributed by atoms with E-state index in [1.54, 1.807) is 11.8 Å². The standard InChI is InChI=1S/C11H23N3O2.ClH/c1-4-14(5-2)10(15)7-6-8-13-11(16)9(3)12;/h9H,4-8,12H2,1-3H3,(H,13,16);1H/t9-;/m0./s1. The first kappa shape index (κ1) is 18.6. The molecule has 0 rings (SSSR count). The summed E-state index contributed by atoms with van der Waals surface area (Å²) in [5.41, 5.74) is 5.38. The van der Waals surface area contributed by atoms with Gasteiger partial charge in [0.2, 0.25) is 11.8 Å². The Kier molecular flexibility index (Phi) is 11.3. The lowest BCUT2D eigenvalue weighted by molar-refractivity contribution is -0.131. The van der Waals surface area contributed by atoms with Gasteiger partial charge in [-0.2, -0.15) is 0 Å². The maximum atomic E-state index is 11.6. The molecule has 0 unspecified atom stereocenters. The fourth-order valence-electron chi connectivity index (χ4n) is 1.35. The lowest BCUT2D eigenvalue weighted by Gasteiger charge is -2.18. The predicted molar refractivity (Wildman–Crippen MR) is 71.1 cm³/mol. The molecule has 0 aliphatic heterocycles. The zero-order valence-electron chi connectivity index (χ0n) is 10.9. The van der Waals surface area contributed by atoms with Gasteiger partial charge in [-0.1, -0.05) is 0 Å². The zero-order chi connectivity index (χ0) is 12.6. The van der Waals surface area contributed by atoms with Crippen LogP contribution in [-0.4, -0.2) is 42.4 Å². The molecule has 6 heteroatoms. The van der Waals surface area contributed by atoms with E-state index in [2.05, 4.69) is 5.32 Å². The van der Waals surface area contributed by atoms with Crippen LogP contribution in [0.25, 0.3) is 0 Å². The first-order valence-corrected chi connectivity index (χ1v) is 5.83. The lowest BCUT2D eigenvalue weighted by atomic mass is 10.2. The van der Waals surface area contributed by atoms with Crippen molar-refractivity contribution >= 4 is 24.2 Å². The van der Waals surface area contributed by atoms with E-state index >= 15 is 0 Å². The molecule has 0 aliphatic rings. The third-order valence-electron chi connectivity index (χ3n) is 2.40. The Hall–Kier alpha value is -0.810. The number of hydrogen-bond acceptors (Lipinski definition) is 3. The average molecular weight is 266 g/mol. The van der Waals surface area contributed by atoms with Crippen LogP contribution in [0.4, 0.5) is 0 Å². The molecule has 0 aromatic heterocycles. The van der Waals surface area contributed by atoms with Crippen molar-refractivity contribution in [2.24, 2.45) is 5.73 Å². The maximum absolute atomic E-state index is 11.6. The van der Waals surface area contributed by atoms with Crippen LogP contribution in [0.5, 0.6) is 0 Å². The smallest absolute Gasteiger partial charge is 0.236 e. The van der Waals surface area contributed by atoms with Gasteiger partial charge in [-0.15, -0.1) is 12.4 Å². The normalized spacial score (nSPS) is 11.3. The molecule has 0 radical (unpaired) electrons. The van der Waals surface area contributed by atoms with Crippen LogP contribution in [0.2, 0.25) is 0 Å². The Balaban J connectivity index is 0. The van der Waals surface area contributed by atoms with Crippen LogP contribution in [0.15, 0.2) is 0 Å². The quantitative estimate of drug-likeness (QED) is 0.659. The van der Waals surface area contributed by atoms with Crippen molar-refractivity contribution in [3.05, 3.63) is 0 Å². The Morgan fingerprint density at radius 1 is 1.29 bits per heavy atom. The molecule has 102 valence electrons. The molecule has 3 N–H and O–H groups in total. The summed E-state index contributed by atoms with van der Waals surface area (Å²) < 4.78 is 0. The van der Waals surface area contributed by atoms with Gasteiger partial charge in [-0.05, 0) is 27.2 Å². The molecule has 1 atom stereocenters. The molecule has 0 saturated heterocycles. The van der Waals surface area contributed by atoms with Crippen molar-refractivity contribution in [3.8, 4) is 0 Å². The van der Waals surface area contributed by atoms with Gasteiger partial charge in [0.1, 0.15) is 0 Å². The van der Waals surface area contributed by atoms with Crippen LogP contribution in [-0.2, 0) is 9.59 Å². The molecular weight excluding hydrogens is 242 g/mol. The highest BCUT2D eigenvalue weighted by atomic mass is 35.5. The number of hydrogen-bond donors (Lipinski definition) is 2. The molecule has 0 heterocycles. The summed E-state index contributed by atoms with van der Waals surface area (Å²) in [5, 5.41) is 2.68. The van der Waals surface area contributed by atoms with Gasteiger partial charge in [0.25, 0.3) is 0 Å². The summed E-state index contributed by atoms with van der Waals surface area (Å²) >= 11 is 0. The summed E-state index contributed by atoms with van der Waals surface area (Å²) in [4.78, 5) is 24.5. The van der Waals surface area contributed by atoms with Crippen molar-refractivity contribution in [2.75, 3.05) is 19.6 Å². The molecule has 0 bridgehead atoms. The molecule has 0 aliphatic carbocycles. The third-order valence-corrected chi connectivity index (χ3v) is 2.40. The van der Waals surface area contributed by atoms with Crippen molar-refractivity contribution in [3.63, 3.8) is 0 Å².